The van der Waals surface area contributed by atoms with Crippen molar-refractivity contribution in [2.24, 2.45) is 0 Å². The van der Waals surface area contributed by atoms with E-state index < -0.39 is 0 Å². The molecule has 34 heavy (non-hydrogen) atoms. The number of carbonyl (C=O) groups is 1. The average Bonchev–Trinajstić information content (AvgIpc) is 3.26. The molecule has 5 rings (SSSR count). The van der Waals surface area contributed by atoms with Crippen LogP contribution in [0.2, 0.25) is 0 Å². The molecule has 0 unspecified atom stereocenters. The minimum atomic E-state index is -0.0686. The summed E-state index contributed by atoms with van der Waals surface area (Å²) in [5.41, 5.74) is 2.63. The predicted octanol–water partition coefficient (Wildman–Crippen LogP) is 5.09. The third kappa shape index (κ3) is 4.23. The molecule has 2 heterocycles. The minimum Gasteiger partial charge on any atom is -0.497 e. The van der Waals surface area contributed by atoms with Gasteiger partial charge in [-0.15, -0.1) is 11.3 Å². The molecule has 1 aliphatic carbocycles. The van der Waals surface area contributed by atoms with Gasteiger partial charge in [0.15, 0.2) is 5.16 Å². The number of aryl methyl sites for hydroxylation is 2. The number of anilines is 1. The van der Waals surface area contributed by atoms with Crippen LogP contribution in [0, 0.1) is 0 Å². The maximum atomic E-state index is 13.8. The van der Waals surface area contributed by atoms with Gasteiger partial charge in [-0.2, -0.15) is 0 Å². The van der Waals surface area contributed by atoms with E-state index >= 15 is 0 Å². The monoisotopic (exact) mass is 491 g/mol. The van der Waals surface area contributed by atoms with Gasteiger partial charge in [0.05, 0.1) is 23.9 Å². The number of thioether (sulfide) groups is 1. The van der Waals surface area contributed by atoms with Crippen molar-refractivity contribution in [2.75, 3.05) is 24.8 Å². The maximum absolute atomic E-state index is 13.8. The van der Waals surface area contributed by atoms with Crippen LogP contribution in [0.15, 0.2) is 64.5 Å². The van der Waals surface area contributed by atoms with Crippen LogP contribution < -0.4 is 15.2 Å². The van der Waals surface area contributed by atoms with Gasteiger partial charge in [0, 0.05) is 17.6 Å². The fourth-order valence-electron chi connectivity index (χ4n) is 4.26. The van der Waals surface area contributed by atoms with E-state index in [-0.39, 0.29) is 17.2 Å². The Morgan fingerprint density at radius 3 is 2.59 bits per heavy atom. The summed E-state index contributed by atoms with van der Waals surface area (Å²) in [6.45, 7) is 0. The molecule has 1 amide bonds. The van der Waals surface area contributed by atoms with Gasteiger partial charge < -0.3 is 9.64 Å². The summed E-state index contributed by atoms with van der Waals surface area (Å²) >= 11 is 2.92. The lowest BCUT2D eigenvalue weighted by Crippen LogP contribution is -2.28. The topological polar surface area (TPSA) is 64.4 Å². The Morgan fingerprint density at radius 1 is 1.12 bits per heavy atom. The van der Waals surface area contributed by atoms with E-state index in [9.17, 15) is 9.59 Å². The quantitative estimate of drug-likeness (QED) is 0.278. The normalized spacial score (nSPS) is 13.0. The molecule has 0 bridgehead atoms. The zero-order chi connectivity index (χ0) is 23.7. The van der Waals surface area contributed by atoms with Crippen molar-refractivity contribution in [1.29, 1.82) is 0 Å². The predicted molar refractivity (Wildman–Crippen MR) is 139 cm³/mol. The smallest absolute Gasteiger partial charge is 0.267 e. The zero-order valence-corrected chi connectivity index (χ0v) is 20.7. The molecule has 0 N–H and O–H groups in total. The first-order valence-corrected chi connectivity index (χ1v) is 13.0. The number of aromatic nitrogens is 2. The van der Waals surface area contributed by atoms with Crippen LogP contribution in [0.5, 0.6) is 5.75 Å². The molecule has 0 saturated heterocycles. The molecule has 2 aromatic carbocycles. The number of fused-ring (bicyclic) bond motifs is 3. The SMILES string of the molecule is COc1ccc(-n2c(SCC(=O)N(C)c3ccccc3)nc3sc4c(c3c2=O)CCCC4)cc1. The Morgan fingerprint density at radius 2 is 1.85 bits per heavy atom. The van der Waals surface area contributed by atoms with Crippen molar-refractivity contribution in [3.63, 3.8) is 0 Å². The maximum Gasteiger partial charge on any atom is 0.267 e. The molecular weight excluding hydrogens is 466 g/mol. The summed E-state index contributed by atoms with van der Waals surface area (Å²) in [5.74, 6) is 0.829. The molecular formula is C26H25N3O3S2. The van der Waals surface area contributed by atoms with Crippen LogP contribution in [-0.4, -0.2) is 35.4 Å². The van der Waals surface area contributed by atoms with E-state index in [0.717, 1.165) is 47.2 Å². The second kappa shape index (κ2) is 9.64. The van der Waals surface area contributed by atoms with E-state index in [1.807, 2.05) is 54.6 Å². The number of amides is 1. The zero-order valence-electron chi connectivity index (χ0n) is 19.1. The van der Waals surface area contributed by atoms with Crippen molar-refractivity contribution in [3.05, 3.63) is 75.4 Å². The number of benzene rings is 2. The van der Waals surface area contributed by atoms with Crippen LogP contribution in [-0.2, 0) is 17.6 Å². The van der Waals surface area contributed by atoms with Crippen molar-refractivity contribution >= 4 is 44.9 Å². The van der Waals surface area contributed by atoms with Crippen molar-refractivity contribution < 1.29 is 9.53 Å². The van der Waals surface area contributed by atoms with Gasteiger partial charge in [-0.25, -0.2) is 4.98 Å². The van der Waals surface area contributed by atoms with Gasteiger partial charge in [0.1, 0.15) is 10.6 Å². The summed E-state index contributed by atoms with van der Waals surface area (Å²) in [6, 6.07) is 16.9. The van der Waals surface area contributed by atoms with Gasteiger partial charge >= 0.3 is 0 Å². The lowest BCUT2D eigenvalue weighted by molar-refractivity contribution is -0.115. The number of rotatable bonds is 6. The van der Waals surface area contributed by atoms with Crippen molar-refractivity contribution in [3.8, 4) is 11.4 Å². The Hall–Kier alpha value is -3.10. The standard InChI is InChI=1S/C26H25N3O3S2/c1-28(17-8-4-3-5-9-17)22(30)16-33-26-27-24-23(20-10-6-7-11-21(20)34-24)25(31)29(26)18-12-14-19(32-2)15-13-18/h3-5,8-9,12-15H,6-7,10-11,16H2,1-2H3. The lowest BCUT2D eigenvalue weighted by atomic mass is 9.97. The summed E-state index contributed by atoms with van der Waals surface area (Å²) < 4.78 is 6.93. The number of methoxy groups -OCH3 is 1. The van der Waals surface area contributed by atoms with E-state index in [0.29, 0.717) is 16.6 Å². The van der Waals surface area contributed by atoms with Crippen LogP contribution in [0.4, 0.5) is 5.69 Å². The highest BCUT2D eigenvalue weighted by Gasteiger charge is 2.23. The molecule has 0 fully saturated rings. The first kappa shape index (κ1) is 22.7. The van der Waals surface area contributed by atoms with E-state index in [1.165, 1.54) is 16.6 Å². The Balaban J connectivity index is 1.55. The van der Waals surface area contributed by atoms with Crippen LogP contribution in [0.3, 0.4) is 0 Å². The average molecular weight is 492 g/mol. The van der Waals surface area contributed by atoms with Gasteiger partial charge in [-0.3, -0.25) is 14.2 Å². The second-order valence-electron chi connectivity index (χ2n) is 8.20. The molecule has 1 aliphatic rings. The fourth-order valence-corrected chi connectivity index (χ4v) is 6.49. The molecule has 174 valence electrons. The first-order chi connectivity index (χ1) is 16.6. The fraction of sp³-hybridized carbons (Fsp3) is 0.269. The Kier molecular flexibility index (Phi) is 6.43. The van der Waals surface area contributed by atoms with Crippen LogP contribution in [0.25, 0.3) is 15.9 Å². The number of carbonyl (C=O) groups excluding carboxylic acids is 1. The molecule has 0 aliphatic heterocycles. The molecule has 8 heteroatoms. The molecule has 0 atom stereocenters. The number of ether oxygens (including phenoxy) is 1. The van der Waals surface area contributed by atoms with Crippen LogP contribution >= 0.6 is 23.1 Å². The summed E-state index contributed by atoms with van der Waals surface area (Å²) in [7, 11) is 3.38. The second-order valence-corrected chi connectivity index (χ2v) is 10.2. The highest BCUT2D eigenvalue weighted by molar-refractivity contribution is 7.99. The number of nitrogens with zero attached hydrogens (tertiary/aromatic N) is 3. The number of para-hydroxylation sites is 1. The third-order valence-electron chi connectivity index (χ3n) is 6.13. The number of hydrogen-bond acceptors (Lipinski definition) is 6. The van der Waals surface area contributed by atoms with Crippen LogP contribution in [0.1, 0.15) is 23.3 Å². The van der Waals surface area contributed by atoms with Crippen molar-refractivity contribution in [1.82, 2.24) is 9.55 Å². The summed E-state index contributed by atoms with van der Waals surface area (Å²) in [4.78, 5) is 35.3. The van der Waals surface area contributed by atoms with E-state index in [1.54, 1.807) is 35.0 Å². The largest absolute Gasteiger partial charge is 0.497 e. The molecule has 0 spiro atoms. The van der Waals surface area contributed by atoms with Gasteiger partial charge in [-0.05, 0) is 67.6 Å². The Labute approximate surface area is 206 Å². The minimum absolute atomic E-state index is 0.0581. The highest BCUT2D eigenvalue weighted by Crippen LogP contribution is 2.35. The summed E-state index contributed by atoms with van der Waals surface area (Å²) in [6.07, 6.45) is 4.16. The highest BCUT2D eigenvalue weighted by atomic mass is 32.2. The Bertz CT molecular complexity index is 1400. The van der Waals surface area contributed by atoms with Gasteiger partial charge in [0.2, 0.25) is 5.91 Å². The van der Waals surface area contributed by atoms with E-state index in [4.69, 9.17) is 9.72 Å². The third-order valence-corrected chi connectivity index (χ3v) is 8.24. The summed E-state index contributed by atoms with van der Waals surface area (Å²) in [5, 5.41) is 1.25. The van der Waals surface area contributed by atoms with E-state index in [2.05, 4.69) is 0 Å². The number of hydrogen-bond donors (Lipinski definition) is 0. The molecule has 0 saturated carbocycles. The number of thiophene rings is 1. The molecule has 6 nitrogen and oxygen atoms in total. The van der Waals surface area contributed by atoms with Crippen molar-refractivity contribution in [2.45, 2.75) is 30.8 Å². The molecule has 4 aromatic rings. The van der Waals surface area contributed by atoms with Gasteiger partial charge in [-0.1, -0.05) is 30.0 Å². The van der Waals surface area contributed by atoms with Gasteiger partial charge in [0.25, 0.3) is 5.56 Å². The molecule has 2 aromatic heterocycles. The lowest BCUT2D eigenvalue weighted by Gasteiger charge is -2.18. The molecule has 0 radical (unpaired) electrons. The first-order valence-electron chi connectivity index (χ1n) is 11.2.